The number of hydrogen-bond acceptors (Lipinski definition) is 3. The molecule has 1 N–H and O–H groups in total. The molecule has 1 saturated carbocycles. The van der Waals surface area contributed by atoms with Gasteiger partial charge < -0.3 is 5.32 Å². The number of hydrogen-bond donors (Lipinski definition) is 1. The van der Waals surface area contributed by atoms with E-state index >= 15 is 0 Å². The summed E-state index contributed by atoms with van der Waals surface area (Å²) in [6.45, 7) is 1.49. The highest BCUT2D eigenvalue weighted by atomic mass is 32.2. The fourth-order valence-corrected chi connectivity index (χ4v) is 3.05. The Hall–Kier alpha value is -1.29. The van der Waals surface area contributed by atoms with Gasteiger partial charge in [-0.15, -0.1) is 11.8 Å². The van der Waals surface area contributed by atoms with Crippen LogP contribution in [0.2, 0.25) is 0 Å². The lowest BCUT2D eigenvalue weighted by atomic mass is 10.3. The van der Waals surface area contributed by atoms with Gasteiger partial charge in [-0.3, -0.25) is 9.59 Å². The first kappa shape index (κ1) is 12.2. The lowest BCUT2D eigenvalue weighted by Gasteiger charge is -2.08. The van der Waals surface area contributed by atoms with E-state index in [9.17, 15) is 9.59 Å². The molecule has 1 aliphatic rings. The molecular weight excluding hydrogens is 234 g/mol. The van der Waals surface area contributed by atoms with Gasteiger partial charge in [0.15, 0.2) is 0 Å². The van der Waals surface area contributed by atoms with Gasteiger partial charge in [-0.25, -0.2) is 0 Å². The zero-order valence-electron chi connectivity index (χ0n) is 9.73. The van der Waals surface area contributed by atoms with E-state index < -0.39 is 0 Å². The SMILES string of the molecule is CC(=O)Nc1ccc(SC2CCCC2=O)cc1. The van der Waals surface area contributed by atoms with Crippen LogP contribution in [0.5, 0.6) is 0 Å². The molecule has 0 heterocycles. The van der Waals surface area contributed by atoms with E-state index in [1.807, 2.05) is 24.3 Å². The average Bonchev–Trinajstić information content (AvgIpc) is 2.67. The normalized spacial score (nSPS) is 19.4. The first-order valence-electron chi connectivity index (χ1n) is 5.72. The summed E-state index contributed by atoms with van der Waals surface area (Å²) < 4.78 is 0. The van der Waals surface area contributed by atoms with Gasteiger partial charge in [0.05, 0.1) is 5.25 Å². The third-order valence-corrected chi connectivity index (χ3v) is 4.03. The standard InChI is InChI=1S/C13H15NO2S/c1-9(15)14-10-5-7-11(8-6-10)17-13-4-2-3-12(13)16/h5-8,13H,2-4H2,1H3,(H,14,15). The van der Waals surface area contributed by atoms with Gasteiger partial charge >= 0.3 is 0 Å². The number of benzene rings is 1. The van der Waals surface area contributed by atoms with Crippen molar-refractivity contribution in [3.8, 4) is 0 Å². The van der Waals surface area contributed by atoms with E-state index in [0.29, 0.717) is 5.78 Å². The summed E-state index contributed by atoms with van der Waals surface area (Å²) in [6, 6.07) is 7.62. The van der Waals surface area contributed by atoms with Gasteiger partial charge in [-0.05, 0) is 37.1 Å². The largest absolute Gasteiger partial charge is 0.326 e. The van der Waals surface area contributed by atoms with E-state index in [1.54, 1.807) is 11.8 Å². The Labute approximate surface area is 105 Å². The Balaban J connectivity index is 1.98. The summed E-state index contributed by atoms with van der Waals surface area (Å²) in [4.78, 5) is 23.5. The van der Waals surface area contributed by atoms with Gasteiger partial charge in [-0.2, -0.15) is 0 Å². The smallest absolute Gasteiger partial charge is 0.221 e. The van der Waals surface area contributed by atoms with Crippen molar-refractivity contribution in [3.63, 3.8) is 0 Å². The highest BCUT2D eigenvalue weighted by Gasteiger charge is 2.24. The van der Waals surface area contributed by atoms with E-state index in [1.165, 1.54) is 6.92 Å². The molecule has 1 aliphatic carbocycles. The number of Topliss-reactive ketones (excluding diaryl/α,β-unsaturated/α-hetero) is 1. The maximum atomic E-state index is 11.5. The fraction of sp³-hybridized carbons (Fsp3) is 0.385. The molecule has 1 amide bonds. The minimum atomic E-state index is -0.0728. The molecule has 0 radical (unpaired) electrons. The summed E-state index contributed by atoms with van der Waals surface area (Å²) >= 11 is 1.62. The molecule has 0 spiro atoms. The molecule has 1 aromatic carbocycles. The first-order chi connectivity index (χ1) is 8.15. The monoisotopic (exact) mass is 249 g/mol. The maximum absolute atomic E-state index is 11.5. The van der Waals surface area contributed by atoms with E-state index in [0.717, 1.165) is 29.8 Å². The zero-order chi connectivity index (χ0) is 12.3. The summed E-state index contributed by atoms with van der Waals surface area (Å²) in [7, 11) is 0. The Bertz CT molecular complexity index is 428. The van der Waals surface area contributed by atoms with Crippen LogP contribution in [-0.2, 0) is 9.59 Å². The van der Waals surface area contributed by atoms with Crippen molar-refractivity contribution < 1.29 is 9.59 Å². The van der Waals surface area contributed by atoms with Crippen molar-refractivity contribution in [2.24, 2.45) is 0 Å². The van der Waals surface area contributed by atoms with Crippen LogP contribution in [0.15, 0.2) is 29.2 Å². The maximum Gasteiger partial charge on any atom is 0.221 e. The number of rotatable bonds is 3. The van der Waals surface area contributed by atoms with Crippen molar-refractivity contribution in [1.82, 2.24) is 0 Å². The summed E-state index contributed by atoms with van der Waals surface area (Å²) in [6.07, 6.45) is 2.72. The minimum absolute atomic E-state index is 0.0728. The van der Waals surface area contributed by atoms with Crippen LogP contribution in [0.3, 0.4) is 0 Å². The number of anilines is 1. The lowest BCUT2D eigenvalue weighted by Crippen LogP contribution is -2.08. The summed E-state index contributed by atoms with van der Waals surface area (Å²) in [5.74, 6) is 0.289. The number of amides is 1. The minimum Gasteiger partial charge on any atom is -0.326 e. The highest BCUT2D eigenvalue weighted by Crippen LogP contribution is 2.32. The van der Waals surface area contributed by atoms with Crippen molar-refractivity contribution in [2.75, 3.05) is 5.32 Å². The quantitative estimate of drug-likeness (QED) is 0.896. The second kappa shape index (κ2) is 5.36. The fourth-order valence-electron chi connectivity index (χ4n) is 1.89. The van der Waals surface area contributed by atoms with Gasteiger partial charge in [0.1, 0.15) is 5.78 Å². The van der Waals surface area contributed by atoms with Crippen LogP contribution in [0.25, 0.3) is 0 Å². The van der Waals surface area contributed by atoms with Gasteiger partial charge in [0, 0.05) is 23.9 Å². The van der Waals surface area contributed by atoms with Crippen molar-refractivity contribution >= 4 is 29.1 Å². The third-order valence-electron chi connectivity index (χ3n) is 2.70. The predicted molar refractivity (Wildman–Crippen MR) is 69.2 cm³/mol. The molecule has 1 atom stereocenters. The van der Waals surface area contributed by atoms with Gasteiger partial charge in [0.2, 0.25) is 5.91 Å². The molecule has 1 fully saturated rings. The number of carbonyl (C=O) groups excluding carboxylic acids is 2. The summed E-state index contributed by atoms with van der Waals surface area (Å²) in [5.41, 5.74) is 0.791. The molecule has 0 aliphatic heterocycles. The molecule has 1 unspecified atom stereocenters. The van der Waals surface area contributed by atoms with Crippen LogP contribution in [-0.4, -0.2) is 16.9 Å². The first-order valence-corrected chi connectivity index (χ1v) is 6.60. The molecule has 0 bridgehead atoms. The molecule has 3 nitrogen and oxygen atoms in total. The summed E-state index contributed by atoms with van der Waals surface area (Å²) in [5, 5.41) is 2.85. The molecule has 0 saturated heterocycles. The number of thioether (sulfide) groups is 1. The molecule has 0 aromatic heterocycles. The molecule has 90 valence electrons. The third kappa shape index (κ3) is 3.33. The van der Waals surface area contributed by atoms with Crippen LogP contribution >= 0.6 is 11.8 Å². The Morgan fingerprint density at radius 1 is 1.35 bits per heavy atom. The van der Waals surface area contributed by atoms with Gasteiger partial charge in [-0.1, -0.05) is 0 Å². The number of ketones is 1. The molecule has 17 heavy (non-hydrogen) atoms. The van der Waals surface area contributed by atoms with Crippen LogP contribution in [0.4, 0.5) is 5.69 Å². The van der Waals surface area contributed by atoms with Crippen LogP contribution in [0, 0.1) is 0 Å². The average molecular weight is 249 g/mol. The molecule has 4 heteroatoms. The number of nitrogens with one attached hydrogen (secondary N) is 1. The Morgan fingerprint density at radius 2 is 2.06 bits per heavy atom. The van der Waals surface area contributed by atoms with Crippen molar-refractivity contribution in [3.05, 3.63) is 24.3 Å². The Kier molecular flexibility index (Phi) is 3.84. The van der Waals surface area contributed by atoms with E-state index in [2.05, 4.69) is 5.32 Å². The predicted octanol–water partition coefficient (Wildman–Crippen LogP) is 2.86. The van der Waals surface area contributed by atoms with Crippen LogP contribution in [0.1, 0.15) is 26.2 Å². The second-order valence-electron chi connectivity index (χ2n) is 4.17. The molecular formula is C13H15NO2S. The van der Waals surface area contributed by atoms with E-state index in [4.69, 9.17) is 0 Å². The molecule has 2 rings (SSSR count). The second-order valence-corrected chi connectivity index (χ2v) is 5.45. The molecule has 1 aromatic rings. The van der Waals surface area contributed by atoms with Crippen LogP contribution < -0.4 is 5.32 Å². The Morgan fingerprint density at radius 3 is 2.59 bits per heavy atom. The van der Waals surface area contributed by atoms with Crippen molar-refractivity contribution in [1.29, 1.82) is 0 Å². The zero-order valence-corrected chi connectivity index (χ0v) is 10.5. The van der Waals surface area contributed by atoms with Crippen molar-refractivity contribution in [2.45, 2.75) is 36.3 Å². The van der Waals surface area contributed by atoms with E-state index in [-0.39, 0.29) is 11.2 Å². The highest BCUT2D eigenvalue weighted by molar-refractivity contribution is 8.00. The van der Waals surface area contributed by atoms with Gasteiger partial charge in [0.25, 0.3) is 0 Å². The topological polar surface area (TPSA) is 46.2 Å². The lowest BCUT2D eigenvalue weighted by molar-refractivity contribution is -0.117. The number of carbonyl (C=O) groups is 2.